The molecule has 5 heteroatoms. The van der Waals surface area contributed by atoms with E-state index < -0.39 is 0 Å². The minimum atomic E-state index is 0.257. The fourth-order valence-corrected chi connectivity index (χ4v) is 4.42. The quantitative estimate of drug-likeness (QED) is 0.834. The number of hydrogen-bond donors (Lipinski definition) is 0. The maximum atomic E-state index is 12.9. The van der Waals surface area contributed by atoms with Crippen LogP contribution in [0.5, 0.6) is 5.75 Å². The summed E-state index contributed by atoms with van der Waals surface area (Å²) in [4.78, 5) is 17.5. The molecule has 1 aromatic carbocycles. The Kier molecular flexibility index (Phi) is 4.95. The molecule has 0 spiro atoms. The predicted molar refractivity (Wildman–Crippen MR) is 95.9 cm³/mol. The zero-order valence-corrected chi connectivity index (χ0v) is 15.1. The first-order valence-corrected chi connectivity index (χ1v) is 9.58. The first kappa shape index (κ1) is 16.9. The van der Waals surface area contributed by atoms with Crippen LogP contribution in [0, 0.1) is 5.92 Å². The third-order valence-corrected chi connectivity index (χ3v) is 5.91. The molecule has 3 heterocycles. The van der Waals surface area contributed by atoms with Crippen LogP contribution in [0.1, 0.15) is 24.5 Å². The molecule has 3 aliphatic heterocycles. The van der Waals surface area contributed by atoms with E-state index in [0.29, 0.717) is 18.4 Å². The van der Waals surface area contributed by atoms with Crippen molar-refractivity contribution in [3.8, 4) is 5.75 Å². The summed E-state index contributed by atoms with van der Waals surface area (Å²) in [6, 6.07) is 6.69. The van der Waals surface area contributed by atoms with Gasteiger partial charge in [0.1, 0.15) is 5.75 Å². The molecule has 1 amide bonds. The Bertz CT molecular complexity index is 627. The molecule has 5 nitrogen and oxygen atoms in total. The average Bonchev–Trinajstić information content (AvgIpc) is 3.28. The lowest BCUT2D eigenvalue weighted by atomic mass is 9.99. The Morgan fingerprint density at radius 3 is 2.84 bits per heavy atom. The van der Waals surface area contributed by atoms with E-state index in [9.17, 15) is 4.79 Å². The minimum Gasteiger partial charge on any atom is -0.493 e. The fraction of sp³-hybridized carbons (Fsp3) is 0.650. The minimum absolute atomic E-state index is 0.257. The second kappa shape index (κ2) is 7.34. The van der Waals surface area contributed by atoms with E-state index >= 15 is 0 Å². The Balaban J connectivity index is 1.40. The van der Waals surface area contributed by atoms with E-state index in [4.69, 9.17) is 9.47 Å². The van der Waals surface area contributed by atoms with Crippen molar-refractivity contribution in [3.63, 3.8) is 0 Å². The maximum Gasteiger partial charge on any atom is 0.227 e. The Morgan fingerprint density at radius 1 is 1.20 bits per heavy atom. The number of ether oxygens (including phenoxy) is 2. The Labute approximate surface area is 149 Å². The summed E-state index contributed by atoms with van der Waals surface area (Å²) in [6.45, 7) is 8.39. The first-order chi connectivity index (χ1) is 12.2. The van der Waals surface area contributed by atoms with Crippen LogP contribution < -0.4 is 4.74 Å². The summed E-state index contributed by atoms with van der Waals surface area (Å²) in [7, 11) is 0. The predicted octanol–water partition coefficient (Wildman–Crippen LogP) is 1.73. The molecule has 3 aliphatic rings. The zero-order valence-electron chi connectivity index (χ0n) is 15.1. The lowest BCUT2D eigenvalue weighted by Gasteiger charge is -2.34. The lowest BCUT2D eigenvalue weighted by molar-refractivity contribution is -0.129. The zero-order chi connectivity index (χ0) is 17.2. The molecule has 0 saturated carbocycles. The van der Waals surface area contributed by atoms with Gasteiger partial charge in [-0.05, 0) is 23.1 Å². The highest BCUT2D eigenvalue weighted by Gasteiger charge is 2.37. The van der Waals surface area contributed by atoms with Crippen molar-refractivity contribution in [2.75, 3.05) is 46.0 Å². The van der Waals surface area contributed by atoms with Gasteiger partial charge in [0.05, 0.1) is 26.2 Å². The van der Waals surface area contributed by atoms with E-state index in [2.05, 4.69) is 22.8 Å². The second-order valence-electron chi connectivity index (χ2n) is 7.40. The number of nitrogens with zero attached hydrogens (tertiary/aromatic N) is 2. The number of carbonyl (C=O) groups is 1. The number of amides is 1. The summed E-state index contributed by atoms with van der Waals surface area (Å²) in [5, 5.41) is 0. The van der Waals surface area contributed by atoms with Crippen molar-refractivity contribution < 1.29 is 14.3 Å². The van der Waals surface area contributed by atoms with Gasteiger partial charge in [0.25, 0.3) is 0 Å². The van der Waals surface area contributed by atoms with Crippen molar-refractivity contribution in [2.24, 2.45) is 5.92 Å². The SMILES string of the molecule is CC[C@@H]1CN(C(=O)Cc2ccc3c(c2)CCO3)C[C@@H]1N1CCOCC1. The van der Waals surface area contributed by atoms with E-state index in [1.165, 1.54) is 5.56 Å². The number of rotatable bonds is 4. The standard InChI is InChI=1S/C20H28N2O3/c1-2-16-13-22(14-18(16)21-6-9-24-10-7-21)20(23)12-15-3-4-19-17(11-15)5-8-25-19/h3-4,11,16,18H,2,5-10,12-14H2,1H3/t16-,18+/m1/s1. The smallest absolute Gasteiger partial charge is 0.227 e. The van der Waals surface area contributed by atoms with Crippen LogP contribution in [0.25, 0.3) is 0 Å². The second-order valence-corrected chi connectivity index (χ2v) is 7.40. The lowest BCUT2D eigenvalue weighted by Crippen LogP contribution is -2.47. The van der Waals surface area contributed by atoms with Crippen LogP contribution in [0.2, 0.25) is 0 Å². The molecule has 0 bridgehead atoms. The van der Waals surface area contributed by atoms with Crippen molar-refractivity contribution in [1.29, 1.82) is 0 Å². The van der Waals surface area contributed by atoms with E-state index in [0.717, 1.165) is 70.2 Å². The van der Waals surface area contributed by atoms with Gasteiger partial charge < -0.3 is 14.4 Å². The topological polar surface area (TPSA) is 42.0 Å². The highest BCUT2D eigenvalue weighted by Crippen LogP contribution is 2.28. The van der Waals surface area contributed by atoms with Gasteiger partial charge in [0.2, 0.25) is 5.91 Å². The third-order valence-electron chi connectivity index (χ3n) is 5.91. The Hall–Kier alpha value is -1.59. The molecule has 0 radical (unpaired) electrons. The molecule has 2 atom stereocenters. The molecule has 0 aliphatic carbocycles. The van der Waals surface area contributed by atoms with Gasteiger partial charge in [-0.15, -0.1) is 0 Å². The van der Waals surface area contributed by atoms with Gasteiger partial charge in [0, 0.05) is 38.6 Å². The first-order valence-electron chi connectivity index (χ1n) is 9.58. The molecule has 25 heavy (non-hydrogen) atoms. The van der Waals surface area contributed by atoms with Crippen molar-refractivity contribution in [3.05, 3.63) is 29.3 Å². The van der Waals surface area contributed by atoms with Gasteiger partial charge in [0.15, 0.2) is 0 Å². The van der Waals surface area contributed by atoms with E-state index in [-0.39, 0.29) is 5.91 Å². The molecule has 136 valence electrons. The molecule has 1 aromatic rings. The van der Waals surface area contributed by atoms with Gasteiger partial charge in [-0.3, -0.25) is 9.69 Å². The highest BCUT2D eigenvalue weighted by atomic mass is 16.5. The normalized spacial score (nSPS) is 26.5. The third kappa shape index (κ3) is 3.53. The number of carbonyl (C=O) groups excluding carboxylic acids is 1. The summed E-state index contributed by atoms with van der Waals surface area (Å²) in [5.74, 6) is 1.82. The van der Waals surface area contributed by atoms with Crippen molar-refractivity contribution in [1.82, 2.24) is 9.80 Å². The molecular formula is C20H28N2O3. The molecular weight excluding hydrogens is 316 g/mol. The van der Waals surface area contributed by atoms with Crippen molar-refractivity contribution in [2.45, 2.75) is 32.2 Å². The Morgan fingerprint density at radius 2 is 2.04 bits per heavy atom. The number of fused-ring (bicyclic) bond motifs is 1. The molecule has 0 unspecified atom stereocenters. The average molecular weight is 344 g/mol. The van der Waals surface area contributed by atoms with Crippen LogP contribution in [0.15, 0.2) is 18.2 Å². The van der Waals surface area contributed by atoms with Crippen LogP contribution in [0.4, 0.5) is 0 Å². The molecule has 2 fully saturated rings. The molecule has 4 rings (SSSR count). The largest absolute Gasteiger partial charge is 0.493 e. The summed E-state index contributed by atoms with van der Waals surface area (Å²) < 4.78 is 11.0. The molecule has 0 aromatic heterocycles. The van der Waals surface area contributed by atoms with Crippen LogP contribution >= 0.6 is 0 Å². The van der Waals surface area contributed by atoms with Crippen LogP contribution in [-0.2, 0) is 22.4 Å². The number of likely N-dealkylation sites (tertiary alicyclic amines) is 1. The van der Waals surface area contributed by atoms with Gasteiger partial charge in [-0.25, -0.2) is 0 Å². The highest BCUT2D eigenvalue weighted by molar-refractivity contribution is 5.79. The van der Waals surface area contributed by atoms with Gasteiger partial charge >= 0.3 is 0 Å². The fourth-order valence-electron chi connectivity index (χ4n) is 4.42. The maximum absolute atomic E-state index is 12.9. The van der Waals surface area contributed by atoms with E-state index in [1.54, 1.807) is 0 Å². The summed E-state index contributed by atoms with van der Waals surface area (Å²) in [5.41, 5.74) is 2.35. The number of morpholine rings is 1. The van der Waals surface area contributed by atoms with E-state index in [1.807, 2.05) is 12.1 Å². The molecule has 2 saturated heterocycles. The monoisotopic (exact) mass is 344 g/mol. The summed E-state index contributed by atoms with van der Waals surface area (Å²) >= 11 is 0. The van der Waals surface area contributed by atoms with Crippen LogP contribution in [-0.4, -0.2) is 67.7 Å². The molecule has 0 N–H and O–H groups in total. The van der Waals surface area contributed by atoms with Crippen LogP contribution in [0.3, 0.4) is 0 Å². The van der Waals surface area contributed by atoms with Gasteiger partial charge in [-0.2, -0.15) is 0 Å². The number of benzene rings is 1. The van der Waals surface area contributed by atoms with Crippen molar-refractivity contribution >= 4 is 5.91 Å². The van der Waals surface area contributed by atoms with Gasteiger partial charge in [-0.1, -0.05) is 25.5 Å². The summed E-state index contributed by atoms with van der Waals surface area (Å²) in [6.07, 6.45) is 2.58. The number of hydrogen-bond acceptors (Lipinski definition) is 4.